The summed E-state index contributed by atoms with van der Waals surface area (Å²) < 4.78 is 0. The summed E-state index contributed by atoms with van der Waals surface area (Å²) in [6.45, 7) is 0.856. The summed E-state index contributed by atoms with van der Waals surface area (Å²) in [5.41, 5.74) is 0. The first-order chi connectivity index (χ1) is 7.81. The molecule has 3 rings (SSSR count). The average Bonchev–Trinajstić information content (AvgIpc) is 2.92. The SMILES string of the molecule is O=C(C[C@@H]1C[C@H]2CC[C@H]1C2)NC1=NCCS1. The van der Waals surface area contributed by atoms with Crippen LogP contribution in [0.25, 0.3) is 0 Å². The van der Waals surface area contributed by atoms with Gasteiger partial charge < -0.3 is 5.32 Å². The Morgan fingerprint density at radius 2 is 2.38 bits per heavy atom. The molecule has 0 aromatic rings. The number of nitrogens with one attached hydrogen (secondary N) is 1. The molecule has 0 saturated heterocycles. The molecule has 16 heavy (non-hydrogen) atoms. The fourth-order valence-corrected chi connectivity index (χ4v) is 4.19. The van der Waals surface area contributed by atoms with Crippen LogP contribution in [0.2, 0.25) is 0 Å². The van der Waals surface area contributed by atoms with Gasteiger partial charge in [-0.1, -0.05) is 18.2 Å². The van der Waals surface area contributed by atoms with Crippen LogP contribution in [-0.2, 0) is 4.79 Å². The van der Waals surface area contributed by atoms with Crippen molar-refractivity contribution in [2.75, 3.05) is 12.3 Å². The summed E-state index contributed by atoms with van der Waals surface area (Å²) in [4.78, 5) is 16.1. The first-order valence-corrected chi connectivity index (χ1v) is 7.27. The number of rotatable bonds is 2. The fourth-order valence-electron chi connectivity index (χ4n) is 3.45. The predicted molar refractivity (Wildman–Crippen MR) is 66.5 cm³/mol. The smallest absolute Gasteiger partial charge is 0.226 e. The zero-order valence-corrected chi connectivity index (χ0v) is 10.3. The first kappa shape index (κ1) is 10.6. The molecule has 0 aromatic heterocycles. The van der Waals surface area contributed by atoms with E-state index < -0.39 is 0 Å². The minimum absolute atomic E-state index is 0.186. The van der Waals surface area contributed by atoms with E-state index in [0.29, 0.717) is 5.92 Å². The fraction of sp³-hybridized carbons (Fsp3) is 0.833. The van der Waals surface area contributed by atoms with Crippen molar-refractivity contribution in [3.8, 4) is 0 Å². The van der Waals surface area contributed by atoms with Gasteiger partial charge in [-0.25, -0.2) is 0 Å². The van der Waals surface area contributed by atoms with E-state index in [1.165, 1.54) is 25.7 Å². The van der Waals surface area contributed by atoms with Crippen molar-refractivity contribution in [2.24, 2.45) is 22.7 Å². The van der Waals surface area contributed by atoms with Crippen LogP contribution < -0.4 is 5.32 Å². The van der Waals surface area contributed by atoms with Gasteiger partial charge in [-0.2, -0.15) is 0 Å². The largest absolute Gasteiger partial charge is 0.305 e. The van der Waals surface area contributed by atoms with E-state index in [-0.39, 0.29) is 5.91 Å². The van der Waals surface area contributed by atoms with E-state index in [9.17, 15) is 4.79 Å². The van der Waals surface area contributed by atoms with Crippen LogP contribution in [0.5, 0.6) is 0 Å². The Morgan fingerprint density at radius 1 is 1.44 bits per heavy atom. The molecule has 1 heterocycles. The third-order valence-electron chi connectivity index (χ3n) is 4.16. The Hall–Kier alpha value is -0.510. The second-order valence-electron chi connectivity index (χ2n) is 5.22. The third-order valence-corrected chi connectivity index (χ3v) is 5.06. The second kappa shape index (κ2) is 4.40. The summed E-state index contributed by atoms with van der Waals surface area (Å²) in [5, 5.41) is 3.78. The number of amidine groups is 1. The Morgan fingerprint density at radius 3 is 3.00 bits per heavy atom. The second-order valence-corrected chi connectivity index (χ2v) is 6.31. The van der Waals surface area contributed by atoms with Gasteiger partial charge in [-0.3, -0.25) is 9.79 Å². The monoisotopic (exact) mass is 238 g/mol. The Bertz CT molecular complexity index is 329. The van der Waals surface area contributed by atoms with E-state index in [1.807, 2.05) is 0 Å². The third kappa shape index (κ3) is 2.12. The van der Waals surface area contributed by atoms with E-state index in [0.717, 1.165) is 35.7 Å². The van der Waals surface area contributed by atoms with Gasteiger partial charge in [0.1, 0.15) is 0 Å². The minimum Gasteiger partial charge on any atom is -0.305 e. The summed E-state index contributed by atoms with van der Waals surface area (Å²) in [7, 11) is 0. The van der Waals surface area contributed by atoms with Gasteiger partial charge in [0.2, 0.25) is 5.91 Å². The van der Waals surface area contributed by atoms with Crippen molar-refractivity contribution in [1.82, 2.24) is 5.32 Å². The highest BCUT2D eigenvalue weighted by Crippen LogP contribution is 2.49. The van der Waals surface area contributed by atoms with Gasteiger partial charge in [0.15, 0.2) is 5.17 Å². The van der Waals surface area contributed by atoms with Crippen molar-refractivity contribution in [2.45, 2.75) is 32.1 Å². The lowest BCUT2D eigenvalue weighted by Crippen LogP contribution is -2.30. The van der Waals surface area contributed by atoms with Crippen molar-refractivity contribution in [3.63, 3.8) is 0 Å². The number of hydrogen-bond donors (Lipinski definition) is 1. The lowest BCUT2D eigenvalue weighted by Gasteiger charge is -2.20. The molecule has 88 valence electrons. The van der Waals surface area contributed by atoms with Gasteiger partial charge in [0.05, 0.1) is 6.54 Å². The highest BCUT2D eigenvalue weighted by Gasteiger charge is 2.40. The van der Waals surface area contributed by atoms with Gasteiger partial charge in [-0.05, 0) is 37.0 Å². The number of nitrogens with zero attached hydrogens (tertiary/aromatic N) is 1. The lowest BCUT2D eigenvalue weighted by atomic mass is 9.86. The van der Waals surface area contributed by atoms with Crippen LogP contribution in [0.15, 0.2) is 4.99 Å². The van der Waals surface area contributed by atoms with Gasteiger partial charge in [0, 0.05) is 12.2 Å². The number of hydrogen-bond acceptors (Lipinski definition) is 3. The molecule has 3 atom stereocenters. The molecule has 4 heteroatoms. The maximum atomic E-state index is 11.8. The standard InChI is InChI=1S/C12H18N2OS/c15-11(14-12-13-3-4-16-12)7-10-6-8-1-2-9(10)5-8/h8-10H,1-7H2,(H,13,14,15)/t8-,9-,10-/m0/s1. The summed E-state index contributed by atoms with van der Waals surface area (Å²) in [6.07, 6.45) is 6.16. The highest BCUT2D eigenvalue weighted by atomic mass is 32.2. The zero-order valence-electron chi connectivity index (χ0n) is 9.45. The number of carbonyl (C=O) groups excluding carboxylic acids is 1. The molecule has 0 spiro atoms. The van der Waals surface area contributed by atoms with Crippen molar-refractivity contribution < 1.29 is 4.79 Å². The molecule has 3 nitrogen and oxygen atoms in total. The van der Waals surface area contributed by atoms with E-state index in [4.69, 9.17) is 0 Å². The molecule has 2 fully saturated rings. The number of amides is 1. The minimum atomic E-state index is 0.186. The van der Waals surface area contributed by atoms with Crippen LogP contribution in [0, 0.1) is 17.8 Å². The van der Waals surface area contributed by atoms with Crippen molar-refractivity contribution >= 4 is 22.8 Å². The van der Waals surface area contributed by atoms with Crippen LogP contribution in [0.1, 0.15) is 32.1 Å². The average molecular weight is 238 g/mol. The van der Waals surface area contributed by atoms with Crippen LogP contribution >= 0.6 is 11.8 Å². The van der Waals surface area contributed by atoms with E-state index >= 15 is 0 Å². The summed E-state index contributed by atoms with van der Waals surface area (Å²) in [6, 6.07) is 0. The molecule has 0 unspecified atom stereocenters. The van der Waals surface area contributed by atoms with Gasteiger partial charge in [0.25, 0.3) is 0 Å². The molecule has 3 aliphatic rings. The number of carbonyl (C=O) groups is 1. The summed E-state index contributed by atoms with van der Waals surface area (Å²) >= 11 is 1.66. The molecular formula is C12H18N2OS. The summed E-state index contributed by atoms with van der Waals surface area (Å²) in [5.74, 6) is 3.63. The number of thioether (sulfide) groups is 1. The molecule has 0 aromatic carbocycles. The topological polar surface area (TPSA) is 41.5 Å². The molecule has 1 amide bonds. The van der Waals surface area contributed by atoms with Gasteiger partial charge >= 0.3 is 0 Å². The maximum Gasteiger partial charge on any atom is 0.226 e. The Labute approximate surface area is 100 Å². The molecular weight excluding hydrogens is 220 g/mol. The molecule has 2 saturated carbocycles. The molecule has 2 aliphatic carbocycles. The van der Waals surface area contributed by atoms with Gasteiger partial charge in [-0.15, -0.1) is 0 Å². The highest BCUT2D eigenvalue weighted by molar-refractivity contribution is 8.14. The molecule has 2 bridgehead atoms. The van der Waals surface area contributed by atoms with Crippen LogP contribution in [-0.4, -0.2) is 23.4 Å². The molecule has 1 aliphatic heterocycles. The first-order valence-electron chi connectivity index (χ1n) is 6.28. The van der Waals surface area contributed by atoms with Crippen LogP contribution in [0.4, 0.5) is 0 Å². The lowest BCUT2D eigenvalue weighted by molar-refractivity contribution is -0.120. The predicted octanol–water partition coefficient (Wildman–Crippen LogP) is 2.03. The normalized spacial score (nSPS) is 36.5. The Balaban J connectivity index is 1.49. The molecule has 1 N–H and O–H groups in total. The van der Waals surface area contributed by atoms with Crippen molar-refractivity contribution in [3.05, 3.63) is 0 Å². The zero-order chi connectivity index (χ0) is 11.0. The van der Waals surface area contributed by atoms with E-state index in [2.05, 4.69) is 10.3 Å². The molecule has 0 radical (unpaired) electrons. The number of aliphatic imine (C=N–C) groups is 1. The van der Waals surface area contributed by atoms with E-state index in [1.54, 1.807) is 11.8 Å². The van der Waals surface area contributed by atoms with Crippen molar-refractivity contribution in [1.29, 1.82) is 0 Å². The maximum absolute atomic E-state index is 11.8. The quantitative estimate of drug-likeness (QED) is 0.800. The Kier molecular flexibility index (Phi) is 2.92. The number of fused-ring (bicyclic) bond motifs is 2. The van der Waals surface area contributed by atoms with Crippen LogP contribution in [0.3, 0.4) is 0 Å².